The van der Waals surface area contributed by atoms with E-state index < -0.39 is 15.6 Å². The molecule has 1 aromatic rings. The fraction of sp³-hybridized carbons (Fsp3) is 0.429. The Morgan fingerprint density at radius 1 is 1.32 bits per heavy atom. The van der Waals surface area contributed by atoms with Crippen molar-refractivity contribution in [2.45, 2.75) is 37.6 Å². The summed E-state index contributed by atoms with van der Waals surface area (Å²) in [5, 5.41) is 8.65. The molecule has 2 N–H and O–H groups in total. The van der Waals surface area contributed by atoms with Gasteiger partial charge in [0.25, 0.3) is 0 Å². The standard InChI is InChI=1S/C14H19NO3S/c1-14(2,3)15-19(17,18)13-9-6-8-12(11-13)7-4-5-10-16/h6,8-9,11,15-16H,5,10H2,1-3H3. The highest BCUT2D eigenvalue weighted by molar-refractivity contribution is 7.89. The highest BCUT2D eigenvalue weighted by Crippen LogP contribution is 2.14. The van der Waals surface area contributed by atoms with Gasteiger partial charge in [0.1, 0.15) is 0 Å². The van der Waals surface area contributed by atoms with Gasteiger partial charge in [-0.1, -0.05) is 17.9 Å². The lowest BCUT2D eigenvalue weighted by atomic mass is 10.1. The molecule has 0 fully saturated rings. The first-order chi connectivity index (χ1) is 8.74. The number of nitrogens with one attached hydrogen (secondary N) is 1. The Balaban J connectivity index is 3.03. The molecular formula is C14H19NO3S. The van der Waals surface area contributed by atoms with Gasteiger partial charge in [-0.15, -0.1) is 0 Å². The minimum absolute atomic E-state index is 0.00340. The summed E-state index contributed by atoms with van der Waals surface area (Å²) in [6.07, 6.45) is 0.372. The van der Waals surface area contributed by atoms with Crippen molar-refractivity contribution in [3.8, 4) is 11.8 Å². The lowest BCUT2D eigenvalue weighted by Crippen LogP contribution is -2.40. The second-order valence-electron chi connectivity index (χ2n) is 5.16. The van der Waals surface area contributed by atoms with Crippen LogP contribution >= 0.6 is 0 Å². The number of rotatable bonds is 3. The van der Waals surface area contributed by atoms with E-state index in [1.165, 1.54) is 12.1 Å². The molecule has 0 aromatic heterocycles. The molecule has 0 amide bonds. The van der Waals surface area contributed by atoms with Crippen molar-refractivity contribution in [3.05, 3.63) is 29.8 Å². The Hall–Kier alpha value is -1.35. The van der Waals surface area contributed by atoms with Gasteiger partial charge >= 0.3 is 0 Å². The van der Waals surface area contributed by atoms with Gasteiger partial charge in [-0.2, -0.15) is 0 Å². The van der Waals surface area contributed by atoms with E-state index in [2.05, 4.69) is 16.6 Å². The van der Waals surface area contributed by atoms with Crippen LogP contribution in [0, 0.1) is 11.8 Å². The maximum absolute atomic E-state index is 12.1. The average molecular weight is 281 g/mol. The van der Waals surface area contributed by atoms with Gasteiger partial charge in [0.05, 0.1) is 11.5 Å². The van der Waals surface area contributed by atoms with Crippen molar-refractivity contribution in [2.75, 3.05) is 6.61 Å². The van der Waals surface area contributed by atoms with Crippen LogP contribution in [0.1, 0.15) is 32.8 Å². The van der Waals surface area contributed by atoms with Crippen molar-refractivity contribution >= 4 is 10.0 Å². The number of sulfonamides is 1. The molecule has 104 valence electrons. The Kier molecular flexibility index (Phi) is 5.12. The van der Waals surface area contributed by atoms with E-state index >= 15 is 0 Å². The van der Waals surface area contributed by atoms with E-state index in [0.717, 1.165) is 0 Å². The molecule has 0 aliphatic rings. The van der Waals surface area contributed by atoms with Crippen LogP contribution in [0.15, 0.2) is 29.2 Å². The number of hydrogen-bond acceptors (Lipinski definition) is 3. The van der Waals surface area contributed by atoms with Crippen LogP contribution in [0.25, 0.3) is 0 Å². The zero-order valence-electron chi connectivity index (χ0n) is 11.4. The molecule has 1 rings (SSSR count). The third-order valence-electron chi connectivity index (χ3n) is 2.05. The molecule has 0 saturated heterocycles. The van der Waals surface area contributed by atoms with E-state index in [1.807, 2.05) is 0 Å². The largest absolute Gasteiger partial charge is 0.395 e. The summed E-state index contributed by atoms with van der Waals surface area (Å²) in [7, 11) is -3.54. The molecule has 0 aliphatic heterocycles. The highest BCUT2D eigenvalue weighted by atomic mass is 32.2. The highest BCUT2D eigenvalue weighted by Gasteiger charge is 2.21. The van der Waals surface area contributed by atoms with Crippen LogP contribution in [-0.4, -0.2) is 25.7 Å². The molecule has 0 radical (unpaired) electrons. The molecule has 19 heavy (non-hydrogen) atoms. The van der Waals surface area contributed by atoms with E-state index in [-0.39, 0.29) is 11.5 Å². The molecule has 1 aromatic carbocycles. The summed E-state index contributed by atoms with van der Waals surface area (Å²) in [5.41, 5.74) is 0.0856. The summed E-state index contributed by atoms with van der Waals surface area (Å²) in [4.78, 5) is 0.193. The zero-order chi connectivity index (χ0) is 14.5. The van der Waals surface area contributed by atoms with Gasteiger partial charge in [-0.05, 0) is 39.0 Å². The minimum Gasteiger partial charge on any atom is -0.395 e. The molecular weight excluding hydrogens is 262 g/mol. The lowest BCUT2D eigenvalue weighted by molar-refractivity contribution is 0.305. The summed E-state index contributed by atoms with van der Waals surface area (Å²) in [5.74, 6) is 5.58. The fourth-order valence-electron chi connectivity index (χ4n) is 1.42. The smallest absolute Gasteiger partial charge is 0.241 e. The third kappa shape index (κ3) is 5.43. The predicted molar refractivity (Wildman–Crippen MR) is 75.1 cm³/mol. The molecule has 0 heterocycles. The molecule has 5 heteroatoms. The van der Waals surface area contributed by atoms with Crippen LogP contribution in [0.4, 0.5) is 0 Å². The Bertz CT molecular complexity index is 589. The van der Waals surface area contributed by atoms with E-state index in [0.29, 0.717) is 12.0 Å². The summed E-state index contributed by atoms with van der Waals surface area (Å²) in [6.45, 7) is 5.36. The van der Waals surface area contributed by atoms with E-state index in [1.54, 1.807) is 32.9 Å². The first-order valence-corrected chi connectivity index (χ1v) is 7.47. The molecule has 0 spiro atoms. The minimum atomic E-state index is -3.54. The molecule has 0 bridgehead atoms. The van der Waals surface area contributed by atoms with Crippen LogP contribution in [0.3, 0.4) is 0 Å². The number of benzene rings is 1. The average Bonchev–Trinajstić information content (AvgIpc) is 2.27. The quantitative estimate of drug-likeness (QED) is 0.825. The molecule has 0 saturated carbocycles. The van der Waals surface area contributed by atoms with Crippen molar-refractivity contribution in [1.29, 1.82) is 0 Å². The number of aliphatic hydroxyl groups excluding tert-OH is 1. The predicted octanol–water partition coefficient (Wildman–Crippen LogP) is 1.50. The van der Waals surface area contributed by atoms with Crippen molar-refractivity contribution < 1.29 is 13.5 Å². The third-order valence-corrected chi connectivity index (χ3v) is 3.81. The first-order valence-electron chi connectivity index (χ1n) is 5.98. The van der Waals surface area contributed by atoms with Crippen LogP contribution in [0.2, 0.25) is 0 Å². The Labute approximate surface area is 114 Å². The van der Waals surface area contributed by atoms with Crippen molar-refractivity contribution in [2.24, 2.45) is 0 Å². The second-order valence-corrected chi connectivity index (χ2v) is 6.84. The van der Waals surface area contributed by atoms with Crippen LogP contribution in [0.5, 0.6) is 0 Å². The summed E-state index contributed by atoms with van der Waals surface area (Å²) < 4.78 is 26.9. The maximum Gasteiger partial charge on any atom is 0.241 e. The van der Waals surface area contributed by atoms with Crippen LogP contribution in [-0.2, 0) is 10.0 Å². The van der Waals surface area contributed by atoms with Gasteiger partial charge in [0.2, 0.25) is 10.0 Å². The Morgan fingerprint density at radius 3 is 2.58 bits per heavy atom. The SMILES string of the molecule is CC(C)(C)NS(=O)(=O)c1cccc(C#CCCO)c1. The normalized spacial score (nSPS) is 11.8. The molecule has 0 atom stereocenters. The fourth-order valence-corrected chi connectivity index (χ4v) is 2.89. The Morgan fingerprint density at radius 2 is 2.00 bits per heavy atom. The first kappa shape index (κ1) is 15.7. The van der Waals surface area contributed by atoms with Crippen molar-refractivity contribution in [3.63, 3.8) is 0 Å². The summed E-state index contributed by atoms with van der Waals surface area (Å²) in [6, 6.07) is 6.45. The number of hydrogen-bond donors (Lipinski definition) is 2. The van der Waals surface area contributed by atoms with E-state index in [9.17, 15) is 8.42 Å². The molecule has 4 nitrogen and oxygen atoms in total. The van der Waals surface area contributed by atoms with Gasteiger partial charge in [-0.3, -0.25) is 0 Å². The summed E-state index contributed by atoms with van der Waals surface area (Å²) >= 11 is 0. The second kappa shape index (κ2) is 6.20. The molecule has 0 unspecified atom stereocenters. The van der Waals surface area contributed by atoms with Gasteiger partial charge in [0.15, 0.2) is 0 Å². The molecule has 0 aliphatic carbocycles. The van der Waals surface area contributed by atoms with Crippen LogP contribution < -0.4 is 4.72 Å². The van der Waals surface area contributed by atoms with Gasteiger partial charge < -0.3 is 5.11 Å². The zero-order valence-corrected chi connectivity index (χ0v) is 12.2. The monoisotopic (exact) mass is 281 g/mol. The number of aliphatic hydroxyl groups is 1. The van der Waals surface area contributed by atoms with E-state index in [4.69, 9.17) is 5.11 Å². The van der Waals surface area contributed by atoms with Crippen molar-refractivity contribution in [1.82, 2.24) is 4.72 Å². The topological polar surface area (TPSA) is 66.4 Å². The maximum atomic E-state index is 12.1. The lowest BCUT2D eigenvalue weighted by Gasteiger charge is -2.20. The van der Waals surface area contributed by atoms with Gasteiger partial charge in [-0.25, -0.2) is 13.1 Å². The van der Waals surface area contributed by atoms with Gasteiger partial charge in [0, 0.05) is 17.5 Å².